The van der Waals surface area contributed by atoms with Gasteiger partial charge < -0.3 is 10.3 Å². The molecular weight excluding hydrogens is 250 g/mol. The molecule has 1 aromatic rings. The summed E-state index contributed by atoms with van der Waals surface area (Å²) in [4.78, 5) is 3.96. The van der Waals surface area contributed by atoms with Gasteiger partial charge in [-0.3, -0.25) is 0 Å². The molecular formula is C8H15N3O3S2. The molecule has 0 aliphatic rings. The lowest BCUT2D eigenvalue weighted by Gasteiger charge is -2.03. The molecule has 0 bridgehead atoms. The SMILES string of the molecule is CSCCC(N)c1nc(CS(C)(=O)=O)no1. The molecule has 0 amide bonds. The molecule has 16 heavy (non-hydrogen) atoms. The van der Waals surface area contributed by atoms with E-state index in [1.54, 1.807) is 11.8 Å². The van der Waals surface area contributed by atoms with Crippen molar-refractivity contribution in [3.8, 4) is 0 Å². The molecule has 1 atom stereocenters. The Morgan fingerprint density at radius 3 is 2.81 bits per heavy atom. The second-order valence-corrected chi connectivity index (χ2v) is 6.63. The van der Waals surface area contributed by atoms with E-state index < -0.39 is 9.84 Å². The van der Waals surface area contributed by atoms with Gasteiger partial charge in [0.15, 0.2) is 15.7 Å². The van der Waals surface area contributed by atoms with Crippen LogP contribution >= 0.6 is 11.8 Å². The Morgan fingerprint density at radius 1 is 1.56 bits per heavy atom. The smallest absolute Gasteiger partial charge is 0.243 e. The third-order valence-electron chi connectivity index (χ3n) is 1.83. The topological polar surface area (TPSA) is 99.1 Å². The fourth-order valence-corrected chi connectivity index (χ4v) is 2.16. The lowest BCUT2D eigenvalue weighted by atomic mass is 10.2. The van der Waals surface area contributed by atoms with Crippen LogP contribution in [0.2, 0.25) is 0 Å². The Kier molecular flexibility index (Phi) is 4.75. The Labute approximate surface area is 98.9 Å². The van der Waals surface area contributed by atoms with Crippen LogP contribution in [-0.2, 0) is 15.6 Å². The lowest BCUT2D eigenvalue weighted by molar-refractivity contribution is 0.349. The zero-order valence-electron chi connectivity index (χ0n) is 9.21. The van der Waals surface area contributed by atoms with Crippen LogP contribution in [0.1, 0.15) is 24.2 Å². The van der Waals surface area contributed by atoms with Crippen LogP contribution < -0.4 is 5.73 Å². The molecule has 0 fully saturated rings. The summed E-state index contributed by atoms with van der Waals surface area (Å²) in [6, 6.07) is -0.326. The minimum absolute atomic E-state index is 0.164. The second kappa shape index (κ2) is 5.65. The minimum atomic E-state index is -3.14. The zero-order chi connectivity index (χ0) is 12.2. The van der Waals surface area contributed by atoms with Gasteiger partial charge in [-0.25, -0.2) is 8.42 Å². The van der Waals surface area contributed by atoms with Gasteiger partial charge in [-0.1, -0.05) is 5.16 Å². The zero-order valence-corrected chi connectivity index (χ0v) is 10.8. The van der Waals surface area contributed by atoms with Crippen molar-refractivity contribution in [1.82, 2.24) is 10.1 Å². The van der Waals surface area contributed by atoms with Crippen LogP contribution in [0.25, 0.3) is 0 Å². The summed E-state index contributed by atoms with van der Waals surface area (Å²) in [7, 11) is -3.14. The Morgan fingerprint density at radius 2 is 2.25 bits per heavy atom. The monoisotopic (exact) mass is 265 g/mol. The molecule has 1 heterocycles. The summed E-state index contributed by atoms with van der Waals surface area (Å²) in [6.45, 7) is 0. The summed E-state index contributed by atoms with van der Waals surface area (Å²) in [6.07, 6.45) is 3.83. The summed E-state index contributed by atoms with van der Waals surface area (Å²) in [5.41, 5.74) is 5.80. The van der Waals surface area contributed by atoms with Crippen LogP contribution in [0.5, 0.6) is 0 Å². The highest BCUT2D eigenvalue weighted by Gasteiger charge is 2.16. The molecule has 0 saturated heterocycles. The molecule has 92 valence electrons. The molecule has 1 rings (SSSR count). The molecule has 1 unspecified atom stereocenters. The van der Waals surface area contributed by atoms with Crippen LogP contribution in [0.4, 0.5) is 0 Å². The first kappa shape index (κ1) is 13.5. The molecule has 1 aromatic heterocycles. The van der Waals surface area contributed by atoms with E-state index in [2.05, 4.69) is 10.1 Å². The van der Waals surface area contributed by atoms with E-state index in [0.29, 0.717) is 5.89 Å². The summed E-state index contributed by atoms with van der Waals surface area (Å²) < 4.78 is 26.9. The molecule has 0 saturated carbocycles. The highest BCUT2D eigenvalue weighted by Crippen LogP contribution is 2.14. The highest BCUT2D eigenvalue weighted by atomic mass is 32.2. The Hall–Kier alpha value is -0.600. The van der Waals surface area contributed by atoms with E-state index in [9.17, 15) is 8.42 Å². The van der Waals surface area contributed by atoms with E-state index in [-0.39, 0.29) is 17.6 Å². The summed E-state index contributed by atoms with van der Waals surface area (Å²) in [5.74, 6) is 1.14. The fraction of sp³-hybridized carbons (Fsp3) is 0.750. The first-order chi connectivity index (χ1) is 7.42. The van der Waals surface area contributed by atoms with Gasteiger partial charge in [0, 0.05) is 6.26 Å². The van der Waals surface area contributed by atoms with E-state index in [0.717, 1.165) is 18.4 Å². The molecule has 0 aliphatic heterocycles. The van der Waals surface area contributed by atoms with Gasteiger partial charge in [0.25, 0.3) is 0 Å². The molecule has 0 aliphatic carbocycles. The molecule has 0 radical (unpaired) electrons. The van der Waals surface area contributed by atoms with Crippen molar-refractivity contribution in [3.05, 3.63) is 11.7 Å². The number of hydrogen-bond acceptors (Lipinski definition) is 7. The van der Waals surface area contributed by atoms with Crippen LogP contribution in [0, 0.1) is 0 Å². The van der Waals surface area contributed by atoms with Gasteiger partial charge in [0.1, 0.15) is 5.75 Å². The maximum atomic E-state index is 11.0. The summed E-state index contributed by atoms with van der Waals surface area (Å²) >= 11 is 1.68. The van der Waals surface area contributed by atoms with Gasteiger partial charge in [-0.2, -0.15) is 16.7 Å². The van der Waals surface area contributed by atoms with Crippen molar-refractivity contribution < 1.29 is 12.9 Å². The van der Waals surface area contributed by atoms with Gasteiger partial charge >= 0.3 is 0 Å². The van der Waals surface area contributed by atoms with Crippen molar-refractivity contribution >= 4 is 21.6 Å². The third-order valence-corrected chi connectivity index (χ3v) is 3.25. The number of rotatable bonds is 6. The van der Waals surface area contributed by atoms with Crippen molar-refractivity contribution in [2.45, 2.75) is 18.2 Å². The van der Waals surface area contributed by atoms with Crippen LogP contribution in [0.15, 0.2) is 4.52 Å². The molecule has 6 nitrogen and oxygen atoms in total. The van der Waals surface area contributed by atoms with Crippen molar-refractivity contribution in [2.24, 2.45) is 5.73 Å². The first-order valence-electron chi connectivity index (χ1n) is 4.67. The maximum Gasteiger partial charge on any atom is 0.243 e. The molecule has 0 aromatic carbocycles. The van der Waals surface area contributed by atoms with Gasteiger partial charge in [-0.05, 0) is 18.4 Å². The van der Waals surface area contributed by atoms with Crippen molar-refractivity contribution in [2.75, 3.05) is 18.3 Å². The molecule has 8 heteroatoms. The van der Waals surface area contributed by atoms with E-state index in [1.807, 2.05) is 6.26 Å². The quantitative estimate of drug-likeness (QED) is 0.793. The third kappa shape index (κ3) is 4.50. The van der Waals surface area contributed by atoms with Crippen LogP contribution in [0.3, 0.4) is 0 Å². The predicted molar refractivity (Wildman–Crippen MR) is 62.8 cm³/mol. The van der Waals surface area contributed by atoms with E-state index in [4.69, 9.17) is 10.3 Å². The average molecular weight is 265 g/mol. The van der Waals surface area contributed by atoms with Crippen LogP contribution in [-0.4, -0.2) is 36.8 Å². The minimum Gasteiger partial charge on any atom is -0.338 e. The largest absolute Gasteiger partial charge is 0.338 e. The number of nitrogens with zero attached hydrogens (tertiary/aromatic N) is 2. The number of nitrogens with two attached hydrogens (primary N) is 1. The number of thioether (sulfide) groups is 1. The standard InChI is InChI=1S/C8H15N3O3S2/c1-15-4-3-6(9)8-10-7(11-14-8)5-16(2,12)13/h6H,3-5,9H2,1-2H3. The normalized spacial score (nSPS) is 13.9. The average Bonchev–Trinajstić information content (AvgIpc) is 2.59. The van der Waals surface area contributed by atoms with Crippen molar-refractivity contribution in [3.63, 3.8) is 0 Å². The second-order valence-electron chi connectivity index (χ2n) is 3.51. The van der Waals surface area contributed by atoms with Gasteiger partial charge in [-0.15, -0.1) is 0 Å². The van der Waals surface area contributed by atoms with Gasteiger partial charge in [0.2, 0.25) is 5.89 Å². The molecule has 0 spiro atoms. The fourth-order valence-electron chi connectivity index (χ4n) is 1.08. The first-order valence-corrected chi connectivity index (χ1v) is 8.12. The summed E-state index contributed by atoms with van der Waals surface area (Å²) in [5, 5.41) is 3.58. The highest BCUT2D eigenvalue weighted by molar-refractivity contribution is 7.98. The van der Waals surface area contributed by atoms with E-state index >= 15 is 0 Å². The van der Waals surface area contributed by atoms with Gasteiger partial charge in [0.05, 0.1) is 6.04 Å². The maximum absolute atomic E-state index is 11.0. The Balaban J connectivity index is 2.64. The number of sulfone groups is 1. The van der Waals surface area contributed by atoms with E-state index in [1.165, 1.54) is 0 Å². The van der Waals surface area contributed by atoms with Crippen molar-refractivity contribution in [1.29, 1.82) is 0 Å². The Bertz CT molecular complexity index is 429. The number of aromatic nitrogens is 2. The number of hydrogen-bond donors (Lipinski definition) is 1. The molecule has 2 N–H and O–H groups in total. The predicted octanol–water partition coefficient (Wildman–Crippen LogP) is 0.367. The lowest BCUT2D eigenvalue weighted by Crippen LogP contribution is -2.12.